The van der Waals surface area contributed by atoms with Crippen LogP contribution < -0.4 is 10.2 Å². The van der Waals surface area contributed by atoms with Crippen molar-refractivity contribution in [2.75, 3.05) is 25.1 Å². The van der Waals surface area contributed by atoms with E-state index in [1.54, 1.807) is 12.1 Å². The summed E-state index contributed by atoms with van der Waals surface area (Å²) in [6, 6.07) is 6.13. The van der Waals surface area contributed by atoms with Crippen molar-refractivity contribution in [2.45, 2.75) is 38.8 Å². The molecule has 144 valence electrons. The Labute approximate surface area is 158 Å². The summed E-state index contributed by atoms with van der Waals surface area (Å²) in [5.41, 5.74) is 1.11. The molecule has 1 aromatic heterocycles. The Kier molecular flexibility index (Phi) is 6.01. The van der Waals surface area contributed by atoms with Crippen LogP contribution in [0.5, 0.6) is 0 Å². The Hall–Kier alpha value is -2.54. The summed E-state index contributed by atoms with van der Waals surface area (Å²) < 4.78 is 18.7. The minimum atomic E-state index is -0.316. The summed E-state index contributed by atoms with van der Waals surface area (Å²) in [5.74, 6) is 0.458. The third-order valence-electron chi connectivity index (χ3n) is 4.74. The summed E-state index contributed by atoms with van der Waals surface area (Å²) in [7, 11) is 1.89. The molecule has 0 unspecified atom stereocenters. The number of aromatic nitrogens is 2. The van der Waals surface area contributed by atoms with Gasteiger partial charge < -0.3 is 15.0 Å². The molecule has 1 saturated heterocycles. The number of hydrogen-bond acceptors (Lipinski definition) is 5. The van der Waals surface area contributed by atoms with Gasteiger partial charge in [0, 0.05) is 38.0 Å². The summed E-state index contributed by atoms with van der Waals surface area (Å²) in [4.78, 5) is 23.6. The monoisotopic (exact) mass is 372 g/mol. The van der Waals surface area contributed by atoms with Crippen molar-refractivity contribution in [3.63, 3.8) is 0 Å². The Morgan fingerprint density at radius 2 is 2.11 bits per heavy atom. The van der Waals surface area contributed by atoms with Gasteiger partial charge in [0.1, 0.15) is 17.2 Å². The Morgan fingerprint density at radius 1 is 1.37 bits per heavy atom. The minimum absolute atomic E-state index is 0.0691. The molecule has 2 heterocycles. The van der Waals surface area contributed by atoms with Crippen molar-refractivity contribution in [2.24, 2.45) is 0 Å². The number of carbonyl (C=O) groups excluding carboxylic acids is 1. The van der Waals surface area contributed by atoms with Crippen LogP contribution in [0.3, 0.4) is 0 Å². The molecule has 1 N–H and O–H groups in total. The lowest BCUT2D eigenvalue weighted by Gasteiger charge is -2.25. The van der Waals surface area contributed by atoms with E-state index in [9.17, 15) is 9.18 Å². The normalized spacial score (nSPS) is 16.6. The highest BCUT2D eigenvalue weighted by atomic mass is 19.1. The lowest BCUT2D eigenvalue weighted by atomic mass is 10.2. The molecule has 27 heavy (non-hydrogen) atoms. The molecule has 0 saturated carbocycles. The molecule has 1 aromatic carbocycles. The first kappa shape index (κ1) is 19.2. The number of amides is 1. The van der Waals surface area contributed by atoms with Gasteiger partial charge in [0.05, 0.1) is 6.10 Å². The predicted molar refractivity (Wildman–Crippen MR) is 102 cm³/mol. The number of ether oxygens (including phenoxy) is 1. The van der Waals surface area contributed by atoms with E-state index in [1.807, 2.05) is 25.8 Å². The topological polar surface area (TPSA) is 67.4 Å². The van der Waals surface area contributed by atoms with Gasteiger partial charge in [-0.3, -0.25) is 4.79 Å². The second kappa shape index (κ2) is 8.43. The molecule has 3 rings (SSSR count). The third-order valence-corrected chi connectivity index (χ3v) is 4.74. The first-order valence-electron chi connectivity index (χ1n) is 9.21. The third kappa shape index (κ3) is 4.60. The van der Waals surface area contributed by atoms with Crippen LogP contribution in [-0.2, 0) is 4.74 Å². The fourth-order valence-corrected chi connectivity index (χ4v) is 2.89. The average molecular weight is 372 g/mol. The van der Waals surface area contributed by atoms with Crippen LogP contribution >= 0.6 is 0 Å². The minimum Gasteiger partial charge on any atom is -0.376 e. The predicted octanol–water partition coefficient (Wildman–Crippen LogP) is 3.04. The lowest BCUT2D eigenvalue weighted by Crippen LogP contribution is -2.35. The quantitative estimate of drug-likeness (QED) is 0.844. The molecule has 0 aliphatic carbocycles. The fraction of sp³-hybridized carbons (Fsp3) is 0.450. The van der Waals surface area contributed by atoms with Crippen LogP contribution in [0.15, 0.2) is 30.5 Å². The number of halogens is 1. The second-order valence-corrected chi connectivity index (χ2v) is 6.99. The van der Waals surface area contributed by atoms with Crippen LogP contribution in [-0.4, -0.2) is 48.2 Å². The Balaban J connectivity index is 1.87. The zero-order chi connectivity index (χ0) is 19.4. The molecule has 7 heteroatoms. The van der Waals surface area contributed by atoms with Crippen LogP contribution in [0.4, 0.5) is 10.2 Å². The molecule has 0 radical (unpaired) electrons. The highest BCUT2D eigenvalue weighted by Gasteiger charge is 2.22. The van der Waals surface area contributed by atoms with Crippen molar-refractivity contribution in [3.8, 4) is 11.4 Å². The molecular formula is C20H25FN4O2. The average Bonchev–Trinajstić information content (AvgIpc) is 3.19. The van der Waals surface area contributed by atoms with Crippen molar-refractivity contribution < 1.29 is 13.9 Å². The van der Waals surface area contributed by atoms with Crippen LogP contribution in [0.25, 0.3) is 11.4 Å². The van der Waals surface area contributed by atoms with E-state index < -0.39 is 0 Å². The highest BCUT2D eigenvalue weighted by molar-refractivity contribution is 5.99. The van der Waals surface area contributed by atoms with Crippen molar-refractivity contribution in [3.05, 3.63) is 41.8 Å². The summed E-state index contributed by atoms with van der Waals surface area (Å²) in [6.07, 6.45) is 3.58. The molecule has 1 fully saturated rings. The van der Waals surface area contributed by atoms with E-state index in [2.05, 4.69) is 15.3 Å². The van der Waals surface area contributed by atoms with E-state index in [4.69, 9.17) is 4.74 Å². The van der Waals surface area contributed by atoms with Crippen molar-refractivity contribution in [1.82, 2.24) is 15.3 Å². The molecule has 1 aliphatic heterocycles. The second-order valence-electron chi connectivity index (χ2n) is 6.99. The molecule has 1 atom stereocenters. The van der Waals surface area contributed by atoms with Crippen LogP contribution in [0.2, 0.25) is 0 Å². The summed E-state index contributed by atoms with van der Waals surface area (Å²) >= 11 is 0. The number of benzene rings is 1. The van der Waals surface area contributed by atoms with Gasteiger partial charge in [-0.05, 0) is 51.0 Å². The van der Waals surface area contributed by atoms with E-state index in [0.717, 1.165) is 19.4 Å². The number of carbonyl (C=O) groups is 1. The molecule has 0 bridgehead atoms. The zero-order valence-corrected chi connectivity index (χ0v) is 15.9. The smallest absolute Gasteiger partial charge is 0.256 e. The molecule has 2 aromatic rings. The van der Waals surface area contributed by atoms with Crippen molar-refractivity contribution in [1.29, 1.82) is 0 Å². The maximum atomic E-state index is 13.2. The number of rotatable bonds is 6. The van der Waals surface area contributed by atoms with Gasteiger partial charge in [-0.25, -0.2) is 14.4 Å². The van der Waals surface area contributed by atoms with E-state index in [1.165, 1.54) is 18.3 Å². The first-order chi connectivity index (χ1) is 13.0. The molecular weight excluding hydrogens is 347 g/mol. The molecule has 1 amide bonds. The van der Waals surface area contributed by atoms with Crippen LogP contribution in [0, 0.1) is 5.82 Å². The molecule has 1 aliphatic rings. The number of nitrogens with one attached hydrogen (secondary N) is 1. The number of anilines is 1. The Bertz CT molecular complexity index is 789. The highest BCUT2D eigenvalue weighted by Crippen LogP contribution is 2.23. The number of hydrogen-bond donors (Lipinski definition) is 1. The maximum absolute atomic E-state index is 13.2. The fourth-order valence-electron chi connectivity index (χ4n) is 2.89. The maximum Gasteiger partial charge on any atom is 0.256 e. The number of nitrogens with zero attached hydrogens (tertiary/aromatic N) is 3. The zero-order valence-electron chi connectivity index (χ0n) is 15.9. The van der Waals surface area contributed by atoms with Gasteiger partial charge in [0.15, 0.2) is 5.82 Å². The first-order valence-corrected chi connectivity index (χ1v) is 9.21. The van der Waals surface area contributed by atoms with Gasteiger partial charge in [-0.1, -0.05) is 0 Å². The van der Waals surface area contributed by atoms with E-state index >= 15 is 0 Å². The van der Waals surface area contributed by atoms with E-state index in [0.29, 0.717) is 29.3 Å². The van der Waals surface area contributed by atoms with Gasteiger partial charge in [-0.2, -0.15) is 0 Å². The van der Waals surface area contributed by atoms with Gasteiger partial charge in [0.25, 0.3) is 5.91 Å². The standard InChI is InChI=1S/C20H25FN4O2/c1-13(2)25(3)19-17(20(26)23-11-16-5-4-10-27-16)12-22-18(24-19)14-6-8-15(21)9-7-14/h6-9,12-13,16H,4-5,10-11H2,1-3H3,(H,23,26)/t16-/m0/s1. The lowest BCUT2D eigenvalue weighted by molar-refractivity contribution is 0.0857. The van der Waals surface area contributed by atoms with E-state index in [-0.39, 0.29) is 23.9 Å². The van der Waals surface area contributed by atoms with Crippen LogP contribution in [0.1, 0.15) is 37.0 Å². The van der Waals surface area contributed by atoms with Gasteiger partial charge in [-0.15, -0.1) is 0 Å². The van der Waals surface area contributed by atoms with Gasteiger partial charge >= 0.3 is 0 Å². The van der Waals surface area contributed by atoms with Gasteiger partial charge in [0.2, 0.25) is 0 Å². The molecule has 0 spiro atoms. The summed E-state index contributed by atoms with van der Waals surface area (Å²) in [6.45, 7) is 5.27. The largest absolute Gasteiger partial charge is 0.376 e. The summed E-state index contributed by atoms with van der Waals surface area (Å²) in [5, 5.41) is 2.92. The SMILES string of the molecule is CC(C)N(C)c1nc(-c2ccc(F)cc2)ncc1C(=O)NC[C@@H]1CCCO1. The Morgan fingerprint density at radius 3 is 2.74 bits per heavy atom. The van der Waals surface area contributed by atoms with Crippen molar-refractivity contribution >= 4 is 11.7 Å². The molecule has 6 nitrogen and oxygen atoms in total.